The molecule has 0 amide bonds. The highest BCUT2D eigenvalue weighted by Gasteiger charge is 2.31. The average Bonchev–Trinajstić information content (AvgIpc) is 2.64. The van der Waals surface area contributed by atoms with Crippen LogP contribution >= 0.6 is 11.6 Å². The highest BCUT2D eigenvalue weighted by molar-refractivity contribution is 6.34. The summed E-state index contributed by atoms with van der Waals surface area (Å²) in [6, 6.07) is 3.63. The normalized spacial score (nSPS) is 21.4. The smallest absolute Gasteiger partial charge is 0.185 e. The Morgan fingerprint density at radius 2 is 1.92 bits per heavy atom. The lowest BCUT2D eigenvalue weighted by Gasteiger charge is -2.29. The summed E-state index contributed by atoms with van der Waals surface area (Å²) < 4.78 is 15.9. The Hall–Kier alpha value is -2.20. The number of benzene rings is 1. The van der Waals surface area contributed by atoms with Gasteiger partial charge in [-0.15, -0.1) is 0 Å². The maximum absolute atomic E-state index is 12.8. The van der Waals surface area contributed by atoms with Gasteiger partial charge in [-0.1, -0.05) is 17.7 Å². The lowest BCUT2D eigenvalue weighted by atomic mass is 9.76. The van der Waals surface area contributed by atoms with Crippen LogP contribution in [0.2, 0.25) is 5.02 Å². The van der Waals surface area contributed by atoms with Crippen LogP contribution in [0.25, 0.3) is 6.08 Å². The third-order valence-electron chi connectivity index (χ3n) is 4.76. The van der Waals surface area contributed by atoms with E-state index in [9.17, 15) is 4.79 Å². The zero-order valence-electron chi connectivity index (χ0n) is 14.6. The number of Topliss-reactive ketones (excluding diaryl/α,β-unsaturated/α-hetero) is 1. The predicted octanol–water partition coefficient (Wildman–Crippen LogP) is 4.58. The zero-order valence-corrected chi connectivity index (χ0v) is 15.4. The van der Waals surface area contributed by atoms with Crippen molar-refractivity contribution in [2.24, 2.45) is 5.92 Å². The molecule has 0 radical (unpaired) electrons. The first-order valence-electron chi connectivity index (χ1n) is 8.19. The van der Waals surface area contributed by atoms with Gasteiger partial charge in [0, 0.05) is 17.6 Å². The second-order valence-corrected chi connectivity index (χ2v) is 6.48. The van der Waals surface area contributed by atoms with Crippen LogP contribution in [-0.4, -0.2) is 27.1 Å². The third kappa shape index (κ3) is 3.31. The van der Waals surface area contributed by atoms with Gasteiger partial charge in [0.15, 0.2) is 17.3 Å². The Kier molecular flexibility index (Phi) is 5.19. The van der Waals surface area contributed by atoms with E-state index >= 15 is 0 Å². The maximum Gasteiger partial charge on any atom is 0.185 e. The van der Waals surface area contributed by atoms with Gasteiger partial charge < -0.3 is 14.2 Å². The van der Waals surface area contributed by atoms with E-state index in [1.54, 1.807) is 27.4 Å². The second-order valence-electron chi connectivity index (χ2n) is 6.10. The minimum absolute atomic E-state index is 0.0912. The molecule has 2 aliphatic rings. The molecule has 1 atom stereocenters. The van der Waals surface area contributed by atoms with Crippen molar-refractivity contribution in [3.8, 4) is 11.5 Å². The Bertz CT molecular complexity index is 789. The SMILES string of the molecule is COC1=CC=C2C(=O)C(=Cc3ccc(OC)c(OC)c3Cl)CCC2C1. The molecule has 1 fully saturated rings. The molecule has 4 nitrogen and oxygen atoms in total. The molecular formula is C20H21ClO4. The molecule has 0 aromatic heterocycles. The molecule has 0 spiro atoms. The first-order valence-corrected chi connectivity index (χ1v) is 8.57. The van der Waals surface area contributed by atoms with E-state index in [1.165, 1.54) is 0 Å². The molecule has 25 heavy (non-hydrogen) atoms. The van der Waals surface area contributed by atoms with Crippen LogP contribution in [0.4, 0.5) is 0 Å². The Balaban J connectivity index is 1.94. The quantitative estimate of drug-likeness (QED) is 0.737. The first-order chi connectivity index (χ1) is 12.1. The number of ketones is 1. The number of halogens is 1. The summed E-state index contributed by atoms with van der Waals surface area (Å²) in [6.45, 7) is 0. The molecule has 132 valence electrons. The molecule has 0 aliphatic heterocycles. The molecule has 1 unspecified atom stereocenters. The van der Waals surface area contributed by atoms with Crippen LogP contribution in [0.3, 0.4) is 0 Å². The minimum Gasteiger partial charge on any atom is -0.501 e. The standard InChI is InChI=1S/C20H21ClO4/c1-23-15-7-8-16-12(11-15)4-5-14(19(16)22)10-13-6-9-17(24-2)20(25-3)18(13)21/h6-10,12H,4-5,11H2,1-3H3. The summed E-state index contributed by atoms with van der Waals surface area (Å²) in [5.41, 5.74) is 2.38. The van der Waals surface area contributed by atoms with Crippen LogP contribution in [0.5, 0.6) is 11.5 Å². The van der Waals surface area contributed by atoms with Gasteiger partial charge in [-0.2, -0.15) is 0 Å². The number of ether oxygens (including phenoxy) is 3. The summed E-state index contributed by atoms with van der Waals surface area (Å²) in [5, 5.41) is 0.448. The molecule has 0 saturated heterocycles. The van der Waals surface area contributed by atoms with E-state index in [2.05, 4.69) is 0 Å². The molecule has 3 rings (SSSR count). The van der Waals surface area contributed by atoms with Gasteiger partial charge in [-0.3, -0.25) is 4.79 Å². The number of hydrogen-bond acceptors (Lipinski definition) is 4. The van der Waals surface area contributed by atoms with Crippen LogP contribution < -0.4 is 9.47 Å². The van der Waals surface area contributed by atoms with Crippen molar-refractivity contribution in [2.75, 3.05) is 21.3 Å². The van der Waals surface area contributed by atoms with Gasteiger partial charge >= 0.3 is 0 Å². The van der Waals surface area contributed by atoms with E-state index in [1.807, 2.05) is 24.3 Å². The average molecular weight is 361 g/mol. The van der Waals surface area contributed by atoms with Gasteiger partial charge in [0.1, 0.15) is 0 Å². The van der Waals surface area contributed by atoms with Crippen molar-refractivity contribution in [1.29, 1.82) is 0 Å². The molecule has 0 bridgehead atoms. The van der Waals surface area contributed by atoms with Crippen molar-refractivity contribution < 1.29 is 19.0 Å². The van der Waals surface area contributed by atoms with Crippen LogP contribution in [0, 0.1) is 5.92 Å². The summed E-state index contributed by atoms with van der Waals surface area (Å²) in [7, 11) is 4.78. The maximum atomic E-state index is 12.8. The van der Waals surface area contributed by atoms with E-state index in [4.69, 9.17) is 25.8 Å². The molecule has 0 N–H and O–H groups in total. The topological polar surface area (TPSA) is 44.8 Å². The van der Waals surface area contributed by atoms with Crippen molar-refractivity contribution in [3.05, 3.63) is 51.8 Å². The minimum atomic E-state index is 0.0912. The number of allylic oxidation sites excluding steroid dienone is 5. The van der Waals surface area contributed by atoms with Gasteiger partial charge in [0.2, 0.25) is 0 Å². The Morgan fingerprint density at radius 3 is 2.60 bits per heavy atom. The van der Waals surface area contributed by atoms with E-state index in [0.29, 0.717) is 16.5 Å². The van der Waals surface area contributed by atoms with Crippen LogP contribution in [0.15, 0.2) is 41.2 Å². The van der Waals surface area contributed by atoms with Gasteiger partial charge in [0.25, 0.3) is 0 Å². The molecule has 5 heteroatoms. The molecule has 2 aliphatic carbocycles. The second kappa shape index (κ2) is 7.36. The lowest BCUT2D eigenvalue weighted by molar-refractivity contribution is -0.113. The van der Waals surface area contributed by atoms with Gasteiger partial charge in [-0.05, 0) is 48.6 Å². The Labute approximate surface area is 152 Å². The molecule has 1 aromatic carbocycles. The number of fused-ring (bicyclic) bond motifs is 1. The number of hydrogen-bond donors (Lipinski definition) is 0. The fourth-order valence-electron chi connectivity index (χ4n) is 3.38. The number of methoxy groups -OCH3 is 3. The number of carbonyl (C=O) groups is 1. The summed E-state index contributed by atoms with van der Waals surface area (Å²) in [6.07, 6.45) is 8.07. The van der Waals surface area contributed by atoms with E-state index in [0.717, 1.165) is 41.7 Å². The van der Waals surface area contributed by atoms with Crippen LogP contribution in [0.1, 0.15) is 24.8 Å². The number of rotatable bonds is 4. The first kappa shape index (κ1) is 17.6. The van der Waals surface area contributed by atoms with Crippen molar-refractivity contribution in [2.45, 2.75) is 19.3 Å². The van der Waals surface area contributed by atoms with Gasteiger partial charge in [0.05, 0.1) is 32.1 Å². The fourth-order valence-corrected chi connectivity index (χ4v) is 3.67. The van der Waals surface area contributed by atoms with Crippen molar-refractivity contribution >= 4 is 23.5 Å². The Morgan fingerprint density at radius 1 is 1.12 bits per heavy atom. The van der Waals surface area contributed by atoms with Crippen molar-refractivity contribution in [3.63, 3.8) is 0 Å². The monoisotopic (exact) mass is 360 g/mol. The number of carbonyl (C=O) groups excluding carboxylic acids is 1. The third-order valence-corrected chi connectivity index (χ3v) is 5.15. The highest BCUT2D eigenvalue weighted by Crippen LogP contribution is 2.41. The molecule has 1 saturated carbocycles. The summed E-state index contributed by atoms with van der Waals surface area (Å²) in [4.78, 5) is 12.8. The largest absolute Gasteiger partial charge is 0.501 e. The molecule has 1 aromatic rings. The predicted molar refractivity (Wildman–Crippen MR) is 98.1 cm³/mol. The molecule has 0 heterocycles. The fraction of sp³-hybridized carbons (Fsp3) is 0.350. The van der Waals surface area contributed by atoms with Gasteiger partial charge in [-0.25, -0.2) is 0 Å². The van der Waals surface area contributed by atoms with Crippen molar-refractivity contribution in [1.82, 2.24) is 0 Å². The molecular weight excluding hydrogens is 340 g/mol. The summed E-state index contributed by atoms with van der Waals surface area (Å²) in [5.74, 6) is 2.30. The lowest BCUT2D eigenvalue weighted by Crippen LogP contribution is -2.23. The summed E-state index contributed by atoms with van der Waals surface area (Å²) >= 11 is 6.43. The van der Waals surface area contributed by atoms with Crippen LogP contribution in [-0.2, 0) is 9.53 Å². The van der Waals surface area contributed by atoms with E-state index < -0.39 is 0 Å². The highest BCUT2D eigenvalue weighted by atomic mass is 35.5. The zero-order chi connectivity index (χ0) is 18.0. The van der Waals surface area contributed by atoms with E-state index in [-0.39, 0.29) is 11.7 Å².